The maximum absolute atomic E-state index is 12.3. The van der Waals surface area contributed by atoms with Crippen molar-refractivity contribution in [3.8, 4) is 0 Å². The minimum absolute atomic E-state index is 0.0369. The number of ketones is 1. The van der Waals surface area contributed by atoms with Gasteiger partial charge in [0.2, 0.25) is 0 Å². The summed E-state index contributed by atoms with van der Waals surface area (Å²) < 4.78 is 0. The summed E-state index contributed by atoms with van der Waals surface area (Å²) in [7, 11) is 0. The highest BCUT2D eigenvalue weighted by molar-refractivity contribution is 6.36. The van der Waals surface area contributed by atoms with Gasteiger partial charge in [-0.1, -0.05) is 65.7 Å². The molecule has 22 heavy (non-hydrogen) atoms. The Hall–Kier alpha value is -1.83. The molecule has 0 fully saturated rings. The van der Waals surface area contributed by atoms with Crippen LogP contribution in [-0.4, -0.2) is 5.78 Å². The molecule has 0 aliphatic carbocycles. The molecule has 0 radical (unpaired) electrons. The molecule has 0 saturated heterocycles. The van der Waals surface area contributed by atoms with Gasteiger partial charge < -0.3 is 0 Å². The van der Waals surface area contributed by atoms with Crippen molar-refractivity contribution in [1.29, 1.82) is 0 Å². The molecule has 0 heterocycles. The van der Waals surface area contributed by atoms with Crippen LogP contribution in [0.2, 0.25) is 10.0 Å². The van der Waals surface area contributed by atoms with Crippen LogP contribution in [0.1, 0.15) is 22.3 Å². The van der Waals surface area contributed by atoms with E-state index in [2.05, 4.69) is 30.3 Å². The van der Waals surface area contributed by atoms with E-state index in [0.29, 0.717) is 28.5 Å². The first-order valence-corrected chi connectivity index (χ1v) is 7.85. The number of rotatable bonds is 4. The predicted molar refractivity (Wildman–Crippen MR) is 93.1 cm³/mol. The minimum Gasteiger partial charge on any atom is -0.294 e. The van der Waals surface area contributed by atoms with Gasteiger partial charge in [0.25, 0.3) is 0 Å². The molecule has 0 aliphatic heterocycles. The van der Waals surface area contributed by atoms with Gasteiger partial charge in [0.15, 0.2) is 5.78 Å². The molecule has 0 aliphatic rings. The first kappa shape index (κ1) is 15.1. The summed E-state index contributed by atoms with van der Waals surface area (Å²) >= 11 is 11.9. The lowest BCUT2D eigenvalue weighted by atomic mass is 10.0. The molecule has 0 aromatic heterocycles. The molecule has 0 unspecified atom stereocenters. The van der Waals surface area contributed by atoms with Crippen molar-refractivity contribution in [2.75, 3.05) is 0 Å². The summed E-state index contributed by atoms with van der Waals surface area (Å²) in [6.45, 7) is 0. The summed E-state index contributed by atoms with van der Waals surface area (Å²) in [5.41, 5.74) is 1.68. The number of hydrogen-bond donors (Lipinski definition) is 0. The largest absolute Gasteiger partial charge is 0.294 e. The van der Waals surface area contributed by atoms with Gasteiger partial charge in [0, 0.05) is 17.0 Å². The number of hydrogen-bond acceptors (Lipinski definition) is 1. The molecule has 3 heteroatoms. The highest BCUT2D eigenvalue weighted by Gasteiger charge is 2.11. The fraction of sp³-hybridized carbons (Fsp3) is 0.105. The molecule has 0 bridgehead atoms. The number of halogens is 2. The molecule has 3 aromatic carbocycles. The van der Waals surface area contributed by atoms with Crippen LogP contribution in [-0.2, 0) is 6.42 Å². The third-order valence-corrected chi connectivity index (χ3v) is 4.23. The average molecular weight is 329 g/mol. The lowest BCUT2D eigenvalue weighted by Gasteiger charge is -2.06. The molecule has 3 aromatic rings. The lowest BCUT2D eigenvalue weighted by Crippen LogP contribution is -2.02. The zero-order chi connectivity index (χ0) is 15.5. The minimum atomic E-state index is 0.0369. The summed E-state index contributed by atoms with van der Waals surface area (Å²) in [4.78, 5) is 12.3. The van der Waals surface area contributed by atoms with E-state index < -0.39 is 0 Å². The first-order chi connectivity index (χ1) is 10.6. The second kappa shape index (κ2) is 6.51. The van der Waals surface area contributed by atoms with Crippen LogP contribution in [0.5, 0.6) is 0 Å². The molecule has 3 rings (SSSR count). The van der Waals surface area contributed by atoms with Crippen molar-refractivity contribution in [2.45, 2.75) is 12.8 Å². The molecule has 0 saturated carbocycles. The Balaban J connectivity index is 1.74. The predicted octanol–water partition coefficient (Wildman–Crippen LogP) is 5.96. The quantitative estimate of drug-likeness (QED) is 0.540. The second-order valence-electron chi connectivity index (χ2n) is 5.23. The molecule has 0 N–H and O–H groups in total. The third-order valence-electron chi connectivity index (χ3n) is 3.69. The van der Waals surface area contributed by atoms with Crippen LogP contribution in [0.4, 0.5) is 0 Å². The maximum Gasteiger partial charge on any atom is 0.164 e. The van der Waals surface area contributed by atoms with Crippen LogP contribution >= 0.6 is 23.2 Å². The Morgan fingerprint density at radius 2 is 1.64 bits per heavy atom. The number of carbonyl (C=O) groups is 1. The lowest BCUT2D eigenvalue weighted by molar-refractivity contribution is 0.0983. The van der Waals surface area contributed by atoms with Crippen molar-refractivity contribution < 1.29 is 4.79 Å². The maximum atomic E-state index is 12.3. The van der Waals surface area contributed by atoms with E-state index in [-0.39, 0.29) is 5.78 Å². The Kier molecular flexibility index (Phi) is 4.47. The monoisotopic (exact) mass is 328 g/mol. The van der Waals surface area contributed by atoms with Gasteiger partial charge in [0.1, 0.15) is 0 Å². The van der Waals surface area contributed by atoms with Crippen LogP contribution in [0.25, 0.3) is 10.8 Å². The SMILES string of the molecule is O=C(CCc1ccc2ccccc2c1)c1ccc(Cl)cc1Cl. The van der Waals surface area contributed by atoms with Crippen molar-refractivity contribution in [3.05, 3.63) is 81.8 Å². The van der Waals surface area contributed by atoms with Crippen LogP contribution in [0.15, 0.2) is 60.7 Å². The van der Waals surface area contributed by atoms with E-state index in [4.69, 9.17) is 23.2 Å². The summed E-state index contributed by atoms with van der Waals surface area (Å²) in [5.74, 6) is 0.0369. The van der Waals surface area contributed by atoms with E-state index in [1.165, 1.54) is 10.8 Å². The van der Waals surface area contributed by atoms with Gasteiger partial charge in [-0.05, 0) is 41.0 Å². The molecule has 1 nitrogen and oxygen atoms in total. The van der Waals surface area contributed by atoms with Gasteiger partial charge in [0.05, 0.1) is 5.02 Å². The highest BCUT2D eigenvalue weighted by atomic mass is 35.5. The summed E-state index contributed by atoms with van der Waals surface area (Å²) in [6, 6.07) is 19.5. The zero-order valence-electron chi connectivity index (χ0n) is 11.9. The summed E-state index contributed by atoms with van der Waals surface area (Å²) in [6.07, 6.45) is 1.13. The molecular formula is C19H14Cl2O. The zero-order valence-corrected chi connectivity index (χ0v) is 13.4. The second-order valence-corrected chi connectivity index (χ2v) is 6.07. The third kappa shape index (κ3) is 3.32. The van der Waals surface area contributed by atoms with Gasteiger partial charge in [-0.2, -0.15) is 0 Å². The molecule has 0 spiro atoms. The Labute approximate surface area is 139 Å². The van der Waals surface area contributed by atoms with E-state index in [1.807, 2.05) is 12.1 Å². The Morgan fingerprint density at radius 3 is 2.41 bits per heavy atom. The van der Waals surface area contributed by atoms with E-state index in [9.17, 15) is 4.79 Å². The molecular weight excluding hydrogens is 315 g/mol. The Morgan fingerprint density at radius 1 is 0.864 bits per heavy atom. The van der Waals surface area contributed by atoms with Crippen LogP contribution < -0.4 is 0 Å². The first-order valence-electron chi connectivity index (χ1n) is 7.09. The topological polar surface area (TPSA) is 17.1 Å². The number of carbonyl (C=O) groups excluding carboxylic acids is 1. The normalized spacial score (nSPS) is 10.8. The van der Waals surface area contributed by atoms with E-state index in [1.54, 1.807) is 18.2 Å². The van der Waals surface area contributed by atoms with Crippen molar-refractivity contribution in [2.24, 2.45) is 0 Å². The highest BCUT2D eigenvalue weighted by Crippen LogP contribution is 2.23. The standard InChI is InChI=1S/C19H14Cl2O/c20-16-8-9-17(18(21)12-16)19(22)10-6-13-5-7-14-3-1-2-4-15(14)11-13/h1-5,7-9,11-12H,6,10H2. The number of benzene rings is 3. The van der Waals surface area contributed by atoms with Gasteiger partial charge in [-0.25, -0.2) is 0 Å². The molecule has 0 atom stereocenters. The van der Waals surface area contributed by atoms with Gasteiger partial charge in [-0.3, -0.25) is 4.79 Å². The Bertz CT molecular complexity index is 840. The fourth-order valence-corrected chi connectivity index (χ4v) is 3.02. The van der Waals surface area contributed by atoms with E-state index in [0.717, 1.165) is 5.56 Å². The van der Waals surface area contributed by atoms with Gasteiger partial charge >= 0.3 is 0 Å². The molecule has 110 valence electrons. The fourth-order valence-electron chi connectivity index (χ4n) is 2.50. The van der Waals surface area contributed by atoms with Gasteiger partial charge in [-0.15, -0.1) is 0 Å². The number of Topliss-reactive ketones (excluding diaryl/α,β-unsaturated/α-hetero) is 1. The number of fused-ring (bicyclic) bond motifs is 1. The van der Waals surface area contributed by atoms with E-state index >= 15 is 0 Å². The van der Waals surface area contributed by atoms with Crippen LogP contribution in [0.3, 0.4) is 0 Å². The van der Waals surface area contributed by atoms with Crippen molar-refractivity contribution >= 4 is 39.8 Å². The average Bonchev–Trinajstić information content (AvgIpc) is 2.52. The smallest absolute Gasteiger partial charge is 0.164 e. The summed E-state index contributed by atoms with van der Waals surface area (Å²) in [5, 5.41) is 3.35. The van der Waals surface area contributed by atoms with Crippen molar-refractivity contribution in [1.82, 2.24) is 0 Å². The van der Waals surface area contributed by atoms with Crippen molar-refractivity contribution in [3.63, 3.8) is 0 Å². The number of aryl methyl sites for hydroxylation is 1. The van der Waals surface area contributed by atoms with Crippen LogP contribution in [0, 0.1) is 0 Å². The molecule has 0 amide bonds.